The summed E-state index contributed by atoms with van der Waals surface area (Å²) in [5.41, 5.74) is 0.664. The van der Waals surface area contributed by atoms with Crippen molar-refractivity contribution in [2.45, 2.75) is 13.3 Å². The van der Waals surface area contributed by atoms with E-state index in [9.17, 15) is 14.7 Å². The fraction of sp³-hybridized carbons (Fsp3) is 0.250. The molecular formula is C24H22O8. The highest BCUT2D eigenvalue weighted by Gasteiger charge is 2.32. The Hall–Kier alpha value is -3.94. The first-order chi connectivity index (χ1) is 15.5. The molecule has 0 atom stereocenters. The van der Waals surface area contributed by atoms with E-state index >= 15 is 0 Å². The van der Waals surface area contributed by atoms with Gasteiger partial charge >= 0.3 is 5.97 Å². The van der Waals surface area contributed by atoms with E-state index in [2.05, 4.69) is 0 Å². The third-order valence-electron chi connectivity index (χ3n) is 5.44. The number of phenolic OH excluding ortho intramolecular Hbond substituents is 1. The Kier molecular flexibility index (Phi) is 5.52. The summed E-state index contributed by atoms with van der Waals surface area (Å²) in [6, 6.07) is 8.46. The average molecular weight is 438 g/mol. The number of Topliss-reactive ketones (excluding diaryl/α,β-unsaturated/α-hetero) is 1. The molecule has 3 aromatic rings. The van der Waals surface area contributed by atoms with Crippen molar-refractivity contribution >= 4 is 22.5 Å². The summed E-state index contributed by atoms with van der Waals surface area (Å²) < 4.78 is 27.1. The third kappa shape index (κ3) is 3.15. The zero-order valence-electron chi connectivity index (χ0n) is 18.1. The van der Waals surface area contributed by atoms with Crippen LogP contribution in [0.15, 0.2) is 30.3 Å². The van der Waals surface area contributed by atoms with Crippen LogP contribution in [0, 0.1) is 0 Å². The number of ketones is 1. The van der Waals surface area contributed by atoms with Crippen molar-refractivity contribution in [2.24, 2.45) is 0 Å². The molecule has 4 rings (SSSR count). The van der Waals surface area contributed by atoms with Gasteiger partial charge in [-0.3, -0.25) is 4.79 Å². The summed E-state index contributed by atoms with van der Waals surface area (Å²) in [4.78, 5) is 26.0. The fourth-order valence-corrected chi connectivity index (χ4v) is 3.98. The van der Waals surface area contributed by atoms with Crippen molar-refractivity contribution in [3.8, 4) is 39.9 Å². The summed E-state index contributed by atoms with van der Waals surface area (Å²) >= 11 is 0. The minimum Gasteiger partial charge on any atom is -0.507 e. The number of benzene rings is 3. The maximum absolute atomic E-state index is 13.0. The van der Waals surface area contributed by atoms with E-state index in [1.807, 2.05) is 0 Å². The summed E-state index contributed by atoms with van der Waals surface area (Å²) in [5.74, 6) is 0.173. The van der Waals surface area contributed by atoms with Gasteiger partial charge in [-0.2, -0.15) is 0 Å². The highest BCUT2D eigenvalue weighted by atomic mass is 16.7. The van der Waals surface area contributed by atoms with E-state index in [-0.39, 0.29) is 30.1 Å². The zero-order chi connectivity index (χ0) is 23.0. The number of fused-ring (bicyclic) bond motifs is 2. The van der Waals surface area contributed by atoms with Crippen molar-refractivity contribution < 1.29 is 38.4 Å². The Bertz CT molecular complexity index is 1240. The van der Waals surface area contributed by atoms with Crippen LogP contribution in [-0.2, 0) is 4.74 Å². The van der Waals surface area contributed by atoms with Crippen LogP contribution in [0.4, 0.5) is 0 Å². The Balaban J connectivity index is 2.26. The number of carbonyl (C=O) groups excluding carboxylic acids is 2. The Labute approximate surface area is 184 Å². The molecule has 0 saturated heterocycles. The van der Waals surface area contributed by atoms with Gasteiger partial charge in [-0.1, -0.05) is 19.1 Å². The van der Waals surface area contributed by atoms with Crippen LogP contribution in [0.25, 0.3) is 21.9 Å². The number of aromatic hydroxyl groups is 1. The minimum absolute atomic E-state index is 0.0227. The van der Waals surface area contributed by atoms with Crippen molar-refractivity contribution in [1.29, 1.82) is 0 Å². The maximum Gasteiger partial charge on any atom is 0.339 e. The number of hydrogen-bond acceptors (Lipinski definition) is 8. The Morgan fingerprint density at radius 2 is 1.69 bits per heavy atom. The molecule has 0 unspecified atom stereocenters. The number of phenols is 1. The lowest BCUT2D eigenvalue weighted by Gasteiger charge is -2.20. The van der Waals surface area contributed by atoms with Crippen LogP contribution in [0.1, 0.15) is 34.1 Å². The monoisotopic (exact) mass is 438 g/mol. The SMILES string of the molecule is CCC(=O)c1c(C(=O)OC)c(-c2cccc(OC)c2OC)c2cc3c(cc2c1O)OCO3. The van der Waals surface area contributed by atoms with Gasteiger partial charge in [0.25, 0.3) is 0 Å². The lowest BCUT2D eigenvalue weighted by molar-refractivity contribution is 0.0597. The van der Waals surface area contributed by atoms with Gasteiger partial charge in [-0.15, -0.1) is 0 Å². The molecule has 8 heteroatoms. The molecule has 1 heterocycles. The Morgan fingerprint density at radius 3 is 2.28 bits per heavy atom. The van der Waals surface area contributed by atoms with Crippen molar-refractivity contribution in [2.75, 3.05) is 28.1 Å². The molecule has 0 bridgehead atoms. The van der Waals surface area contributed by atoms with E-state index in [0.717, 1.165) is 0 Å². The van der Waals surface area contributed by atoms with Crippen LogP contribution in [0.2, 0.25) is 0 Å². The largest absolute Gasteiger partial charge is 0.507 e. The molecule has 0 radical (unpaired) electrons. The van der Waals surface area contributed by atoms with Gasteiger partial charge in [-0.05, 0) is 23.6 Å². The standard InChI is InChI=1S/C24H22O8/c1-5-15(25)20-21(24(27)30-4)19(12-7-6-8-16(28-2)23(12)29-3)13-9-17-18(32-11-31-17)10-14(13)22(20)26/h6-10,26H,5,11H2,1-4H3. The van der Waals surface area contributed by atoms with Gasteiger partial charge in [0.1, 0.15) is 5.75 Å². The number of para-hydroxylation sites is 1. The number of methoxy groups -OCH3 is 3. The normalized spacial score (nSPS) is 12.0. The summed E-state index contributed by atoms with van der Waals surface area (Å²) in [5, 5.41) is 11.9. The zero-order valence-corrected chi connectivity index (χ0v) is 18.1. The number of rotatable bonds is 6. The first kappa shape index (κ1) is 21.3. The third-order valence-corrected chi connectivity index (χ3v) is 5.44. The fourth-order valence-electron chi connectivity index (χ4n) is 3.98. The molecule has 1 aliphatic rings. The first-order valence-electron chi connectivity index (χ1n) is 9.91. The number of hydrogen-bond donors (Lipinski definition) is 1. The second-order valence-electron chi connectivity index (χ2n) is 7.03. The minimum atomic E-state index is -0.767. The summed E-state index contributed by atoms with van der Waals surface area (Å²) in [6.07, 6.45) is 0.0717. The molecule has 8 nitrogen and oxygen atoms in total. The first-order valence-corrected chi connectivity index (χ1v) is 9.91. The second-order valence-corrected chi connectivity index (χ2v) is 7.03. The van der Waals surface area contributed by atoms with Crippen molar-refractivity contribution in [3.63, 3.8) is 0 Å². The van der Waals surface area contributed by atoms with Crippen LogP contribution in [0.3, 0.4) is 0 Å². The molecule has 0 fully saturated rings. The van der Waals surface area contributed by atoms with Gasteiger partial charge in [0.05, 0.1) is 32.5 Å². The quantitative estimate of drug-likeness (QED) is 0.448. The highest BCUT2D eigenvalue weighted by Crippen LogP contribution is 2.49. The van der Waals surface area contributed by atoms with Crippen LogP contribution in [0.5, 0.6) is 28.7 Å². The molecular weight excluding hydrogens is 416 g/mol. The molecule has 0 saturated carbocycles. The molecule has 166 valence electrons. The molecule has 0 aromatic heterocycles. The second kappa shape index (κ2) is 8.30. The summed E-state index contributed by atoms with van der Waals surface area (Å²) in [7, 11) is 4.20. The molecule has 1 aliphatic heterocycles. The number of carbonyl (C=O) groups is 2. The van der Waals surface area contributed by atoms with Crippen LogP contribution >= 0.6 is 0 Å². The highest BCUT2D eigenvalue weighted by molar-refractivity contribution is 6.20. The predicted molar refractivity (Wildman–Crippen MR) is 116 cm³/mol. The van der Waals surface area contributed by atoms with E-state index in [4.69, 9.17) is 23.7 Å². The van der Waals surface area contributed by atoms with Gasteiger partial charge in [-0.25, -0.2) is 4.79 Å². The van der Waals surface area contributed by atoms with Gasteiger partial charge in [0, 0.05) is 22.9 Å². The van der Waals surface area contributed by atoms with Gasteiger partial charge in [0.15, 0.2) is 28.8 Å². The van der Waals surface area contributed by atoms with E-state index < -0.39 is 11.8 Å². The molecule has 0 amide bonds. The van der Waals surface area contributed by atoms with Gasteiger partial charge in [0.2, 0.25) is 6.79 Å². The molecule has 1 N–H and O–H groups in total. The smallest absolute Gasteiger partial charge is 0.339 e. The van der Waals surface area contributed by atoms with E-state index in [0.29, 0.717) is 44.9 Å². The molecule has 32 heavy (non-hydrogen) atoms. The number of ether oxygens (including phenoxy) is 5. The lowest BCUT2D eigenvalue weighted by atomic mass is 9.86. The van der Waals surface area contributed by atoms with Crippen molar-refractivity contribution in [1.82, 2.24) is 0 Å². The van der Waals surface area contributed by atoms with E-state index in [1.165, 1.54) is 21.3 Å². The summed E-state index contributed by atoms with van der Waals surface area (Å²) in [6.45, 7) is 1.67. The predicted octanol–water partition coefficient (Wildman–Crippen LogP) is 4.34. The maximum atomic E-state index is 13.0. The van der Waals surface area contributed by atoms with Crippen LogP contribution in [-0.4, -0.2) is 45.0 Å². The lowest BCUT2D eigenvalue weighted by Crippen LogP contribution is -2.13. The number of esters is 1. The average Bonchev–Trinajstić information content (AvgIpc) is 3.28. The van der Waals surface area contributed by atoms with Crippen molar-refractivity contribution in [3.05, 3.63) is 41.5 Å². The molecule has 0 spiro atoms. The molecule has 3 aromatic carbocycles. The topological polar surface area (TPSA) is 101 Å². The van der Waals surface area contributed by atoms with Gasteiger partial charge < -0.3 is 28.8 Å². The molecule has 0 aliphatic carbocycles. The Morgan fingerprint density at radius 1 is 1.00 bits per heavy atom. The van der Waals surface area contributed by atoms with E-state index in [1.54, 1.807) is 37.3 Å². The van der Waals surface area contributed by atoms with Crippen LogP contribution < -0.4 is 18.9 Å².